The van der Waals surface area contributed by atoms with E-state index in [-0.39, 0.29) is 11.7 Å². The van der Waals surface area contributed by atoms with Gasteiger partial charge < -0.3 is 14.8 Å². The number of carbonyl (C=O) groups is 1. The molecule has 0 bridgehead atoms. The molecule has 5 nitrogen and oxygen atoms in total. The van der Waals surface area contributed by atoms with Crippen LogP contribution in [0.2, 0.25) is 0 Å². The molecule has 2 rings (SSSR count). The Kier molecular flexibility index (Phi) is 6.78. The van der Waals surface area contributed by atoms with E-state index < -0.39 is 11.9 Å². The summed E-state index contributed by atoms with van der Waals surface area (Å²) in [6.07, 6.45) is -0.121. The molecule has 2 aromatic carbocycles. The number of carbonyl (C=O) groups excluding carboxylic acids is 1. The van der Waals surface area contributed by atoms with Gasteiger partial charge in [0.2, 0.25) is 0 Å². The highest BCUT2D eigenvalue weighted by Gasteiger charge is 2.14. The van der Waals surface area contributed by atoms with Gasteiger partial charge in [0, 0.05) is 6.54 Å². The van der Waals surface area contributed by atoms with Gasteiger partial charge >= 0.3 is 0 Å². The van der Waals surface area contributed by atoms with Gasteiger partial charge in [0.1, 0.15) is 5.75 Å². The van der Waals surface area contributed by atoms with Gasteiger partial charge in [0.25, 0.3) is 5.91 Å². The van der Waals surface area contributed by atoms with E-state index in [9.17, 15) is 9.18 Å². The number of hydrogen-bond acceptors (Lipinski definition) is 4. The van der Waals surface area contributed by atoms with Gasteiger partial charge in [0.05, 0.1) is 18.2 Å². The molecular formula is C19H19FN2O3. The molecule has 0 spiro atoms. The summed E-state index contributed by atoms with van der Waals surface area (Å²) in [7, 11) is 0. The third kappa shape index (κ3) is 5.81. The number of halogens is 1. The predicted octanol–water partition coefficient (Wildman–Crippen LogP) is 3.05. The number of nitrogens with zero attached hydrogens (tertiary/aromatic N) is 1. The molecule has 2 aromatic rings. The van der Waals surface area contributed by atoms with Crippen molar-refractivity contribution in [3.63, 3.8) is 0 Å². The second-order valence-electron chi connectivity index (χ2n) is 5.32. The third-order valence-electron chi connectivity index (χ3n) is 3.38. The number of para-hydroxylation sites is 1. The van der Waals surface area contributed by atoms with Gasteiger partial charge in [-0.15, -0.1) is 0 Å². The van der Waals surface area contributed by atoms with Gasteiger partial charge in [-0.25, -0.2) is 4.39 Å². The lowest BCUT2D eigenvalue weighted by Crippen LogP contribution is -2.37. The Labute approximate surface area is 146 Å². The zero-order valence-electron chi connectivity index (χ0n) is 13.9. The summed E-state index contributed by atoms with van der Waals surface area (Å²) in [4.78, 5) is 12.0. The fraction of sp³-hybridized carbons (Fsp3) is 0.263. The zero-order chi connectivity index (χ0) is 18.1. The van der Waals surface area contributed by atoms with E-state index in [1.807, 2.05) is 6.07 Å². The average Bonchev–Trinajstić information content (AvgIpc) is 2.63. The molecule has 1 N–H and O–H groups in total. The van der Waals surface area contributed by atoms with Crippen LogP contribution in [0.4, 0.5) is 4.39 Å². The van der Waals surface area contributed by atoms with Crippen molar-refractivity contribution < 1.29 is 18.7 Å². The highest BCUT2D eigenvalue weighted by molar-refractivity contribution is 5.80. The van der Waals surface area contributed by atoms with Gasteiger partial charge in [0.15, 0.2) is 17.7 Å². The number of rotatable bonds is 8. The molecule has 1 atom stereocenters. The number of hydrogen-bond donors (Lipinski definition) is 1. The minimum absolute atomic E-state index is 0.200. The maximum Gasteiger partial charge on any atom is 0.260 e. The van der Waals surface area contributed by atoms with Crippen LogP contribution in [0.25, 0.3) is 0 Å². The lowest BCUT2D eigenvalue weighted by Gasteiger charge is -2.15. The van der Waals surface area contributed by atoms with Gasteiger partial charge in [-0.2, -0.15) is 5.26 Å². The summed E-state index contributed by atoms with van der Waals surface area (Å²) in [6.45, 7) is 2.34. The Morgan fingerprint density at radius 2 is 1.96 bits per heavy atom. The van der Waals surface area contributed by atoms with E-state index >= 15 is 0 Å². The van der Waals surface area contributed by atoms with E-state index in [0.29, 0.717) is 30.9 Å². The Hall–Kier alpha value is -3.07. The van der Waals surface area contributed by atoms with Gasteiger partial charge in [-0.3, -0.25) is 4.79 Å². The molecule has 25 heavy (non-hydrogen) atoms. The predicted molar refractivity (Wildman–Crippen MR) is 90.8 cm³/mol. The molecular weight excluding hydrogens is 323 g/mol. The van der Waals surface area contributed by atoms with Crippen LogP contribution in [0.1, 0.15) is 18.9 Å². The number of amides is 1. The van der Waals surface area contributed by atoms with Crippen LogP contribution in [0.3, 0.4) is 0 Å². The van der Waals surface area contributed by atoms with Gasteiger partial charge in [-0.05, 0) is 49.7 Å². The molecule has 0 aromatic heterocycles. The van der Waals surface area contributed by atoms with Crippen LogP contribution in [0.15, 0.2) is 48.5 Å². The third-order valence-corrected chi connectivity index (χ3v) is 3.38. The van der Waals surface area contributed by atoms with Crippen LogP contribution in [-0.2, 0) is 4.79 Å². The molecule has 6 heteroatoms. The fourth-order valence-electron chi connectivity index (χ4n) is 2.04. The summed E-state index contributed by atoms with van der Waals surface area (Å²) in [5.74, 6) is 0.0575. The molecule has 0 saturated heterocycles. The van der Waals surface area contributed by atoms with Crippen molar-refractivity contribution in [1.82, 2.24) is 5.32 Å². The zero-order valence-corrected chi connectivity index (χ0v) is 13.9. The Morgan fingerprint density at radius 1 is 1.24 bits per heavy atom. The van der Waals surface area contributed by atoms with Crippen molar-refractivity contribution in [3.05, 3.63) is 59.9 Å². The van der Waals surface area contributed by atoms with Crippen molar-refractivity contribution in [1.29, 1.82) is 5.26 Å². The normalized spacial score (nSPS) is 11.2. The van der Waals surface area contributed by atoms with Crippen LogP contribution in [0.5, 0.6) is 11.5 Å². The van der Waals surface area contributed by atoms with Crippen LogP contribution in [0, 0.1) is 17.1 Å². The van der Waals surface area contributed by atoms with Crippen LogP contribution in [-0.4, -0.2) is 25.2 Å². The monoisotopic (exact) mass is 342 g/mol. The summed E-state index contributed by atoms with van der Waals surface area (Å²) < 4.78 is 24.2. The highest BCUT2D eigenvalue weighted by Crippen LogP contribution is 2.15. The Balaban J connectivity index is 1.67. The SMILES string of the molecule is CC(Oc1ccc(C#N)cc1)C(=O)NCCCOc1ccccc1F. The van der Waals surface area contributed by atoms with Crippen molar-refractivity contribution in [3.8, 4) is 17.6 Å². The topological polar surface area (TPSA) is 71.3 Å². The molecule has 0 aliphatic heterocycles. The first-order chi connectivity index (χ1) is 12.1. The molecule has 1 unspecified atom stereocenters. The number of benzene rings is 2. The fourth-order valence-corrected chi connectivity index (χ4v) is 2.04. The first-order valence-corrected chi connectivity index (χ1v) is 7.92. The summed E-state index contributed by atoms with van der Waals surface area (Å²) >= 11 is 0. The second-order valence-corrected chi connectivity index (χ2v) is 5.32. The maximum atomic E-state index is 13.4. The number of nitriles is 1. The van der Waals surface area contributed by atoms with Crippen LogP contribution < -0.4 is 14.8 Å². The molecule has 1 amide bonds. The van der Waals surface area contributed by atoms with E-state index in [2.05, 4.69) is 5.32 Å². The molecule has 130 valence electrons. The first-order valence-electron chi connectivity index (χ1n) is 7.92. The smallest absolute Gasteiger partial charge is 0.260 e. The summed E-state index contributed by atoms with van der Waals surface area (Å²) in [5.41, 5.74) is 0.527. The molecule has 0 fully saturated rings. The lowest BCUT2D eigenvalue weighted by molar-refractivity contribution is -0.127. The van der Waals surface area contributed by atoms with Crippen molar-refractivity contribution in [2.75, 3.05) is 13.2 Å². The van der Waals surface area contributed by atoms with Gasteiger partial charge in [-0.1, -0.05) is 12.1 Å². The number of nitrogens with one attached hydrogen (secondary N) is 1. The Bertz CT molecular complexity index is 741. The van der Waals surface area contributed by atoms with E-state index in [1.54, 1.807) is 49.4 Å². The standard InChI is InChI=1S/C19H19FN2O3/c1-14(25-16-9-7-15(13-21)8-10-16)19(23)22-11-4-12-24-18-6-3-2-5-17(18)20/h2-3,5-10,14H,4,11-12H2,1H3,(H,22,23). The summed E-state index contributed by atoms with van der Waals surface area (Å²) in [5, 5.41) is 11.5. The first kappa shape index (κ1) is 18.3. The molecule has 0 heterocycles. The van der Waals surface area contributed by atoms with E-state index in [0.717, 1.165) is 0 Å². The number of ether oxygens (including phenoxy) is 2. The Morgan fingerprint density at radius 3 is 2.64 bits per heavy atom. The quantitative estimate of drug-likeness (QED) is 0.749. The molecule has 0 aliphatic rings. The highest BCUT2D eigenvalue weighted by atomic mass is 19.1. The van der Waals surface area contributed by atoms with Crippen molar-refractivity contribution in [2.24, 2.45) is 0 Å². The molecule has 0 aliphatic carbocycles. The summed E-state index contributed by atoms with van der Waals surface area (Å²) in [6, 6.07) is 14.7. The van der Waals surface area contributed by atoms with E-state index in [4.69, 9.17) is 14.7 Å². The second kappa shape index (κ2) is 9.28. The van der Waals surface area contributed by atoms with Crippen molar-refractivity contribution >= 4 is 5.91 Å². The molecule has 0 saturated carbocycles. The van der Waals surface area contributed by atoms with Crippen LogP contribution >= 0.6 is 0 Å². The maximum absolute atomic E-state index is 13.4. The largest absolute Gasteiger partial charge is 0.490 e. The lowest BCUT2D eigenvalue weighted by atomic mass is 10.2. The minimum Gasteiger partial charge on any atom is -0.490 e. The van der Waals surface area contributed by atoms with Crippen molar-refractivity contribution in [2.45, 2.75) is 19.4 Å². The average molecular weight is 342 g/mol. The van der Waals surface area contributed by atoms with E-state index in [1.165, 1.54) is 6.07 Å². The minimum atomic E-state index is -0.666. The molecule has 0 radical (unpaired) electrons.